The first-order valence-corrected chi connectivity index (χ1v) is 6.62. The minimum Gasteiger partial charge on any atom is -0.396 e. The summed E-state index contributed by atoms with van der Waals surface area (Å²) in [5.41, 5.74) is 0. The van der Waals surface area contributed by atoms with Crippen LogP contribution in [-0.4, -0.2) is 32.4 Å². The highest BCUT2D eigenvalue weighted by molar-refractivity contribution is 7.89. The number of rotatable bonds is 7. The molecule has 2 N–H and O–H groups in total. The van der Waals surface area contributed by atoms with Gasteiger partial charge >= 0.3 is 0 Å². The van der Waals surface area contributed by atoms with Crippen LogP contribution in [0.4, 0.5) is 0 Å². The van der Waals surface area contributed by atoms with E-state index in [-0.39, 0.29) is 12.4 Å². The van der Waals surface area contributed by atoms with Crippen molar-refractivity contribution in [3.05, 3.63) is 0 Å². The van der Waals surface area contributed by atoms with Gasteiger partial charge in [-0.1, -0.05) is 20.8 Å². The molecule has 1 unspecified atom stereocenters. The lowest BCUT2D eigenvalue weighted by molar-refractivity contribution is 0.295. The minimum atomic E-state index is -3.18. The van der Waals surface area contributed by atoms with Crippen molar-refractivity contribution in [3.63, 3.8) is 0 Å². The first kappa shape index (κ1) is 13.9. The van der Waals surface area contributed by atoms with Crippen molar-refractivity contribution in [2.75, 3.05) is 18.9 Å². The van der Waals surface area contributed by atoms with E-state index in [0.717, 1.165) is 0 Å². The van der Waals surface area contributed by atoms with Crippen LogP contribution in [0.3, 0.4) is 0 Å². The van der Waals surface area contributed by atoms with Gasteiger partial charge in [0.2, 0.25) is 10.0 Å². The Hall–Kier alpha value is -0.130. The van der Waals surface area contributed by atoms with Crippen LogP contribution in [0.2, 0.25) is 0 Å². The SMILES string of the molecule is CC(C)C(C)CNS(=O)(=O)CCCO. The normalized spacial score (nSPS) is 14.6. The van der Waals surface area contributed by atoms with Gasteiger partial charge in [0.1, 0.15) is 0 Å². The first-order chi connectivity index (χ1) is 6.39. The van der Waals surface area contributed by atoms with Crippen LogP contribution in [0.1, 0.15) is 27.2 Å². The van der Waals surface area contributed by atoms with E-state index in [0.29, 0.717) is 24.8 Å². The van der Waals surface area contributed by atoms with E-state index in [2.05, 4.69) is 18.6 Å². The van der Waals surface area contributed by atoms with E-state index in [9.17, 15) is 8.42 Å². The summed E-state index contributed by atoms with van der Waals surface area (Å²) in [5.74, 6) is 0.809. The number of aliphatic hydroxyl groups is 1. The fourth-order valence-corrected chi connectivity index (χ4v) is 1.99. The average Bonchev–Trinajstić information content (AvgIpc) is 2.11. The summed E-state index contributed by atoms with van der Waals surface area (Å²) >= 11 is 0. The third-order valence-corrected chi connectivity index (χ3v) is 3.77. The predicted octanol–water partition coefficient (Wildman–Crippen LogP) is 0.580. The molecule has 0 saturated carbocycles. The monoisotopic (exact) mass is 223 g/mol. The zero-order valence-electron chi connectivity index (χ0n) is 9.16. The highest BCUT2D eigenvalue weighted by Gasteiger charge is 2.13. The smallest absolute Gasteiger partial charge is 0.211 e. The highest BCUT2D eigenvalue weighted by Crippen LogP contribution is 2.08. The van der Waals surface area contributed by atoms with Gasteiger partial charge < -0.3 is 5.11 Å². The van der Waals surface area contributed by atoms with Crippen LogP contribution in [0.15, 0.2) is 0 Å². The molecule has 0 aromatic heterocycles. The lowest BCUT2D eigenvalue weighted by Crippen LogP contribution is -2.32. The summed E-state index contributed by atoms with van der Waals surface area (Å²) in [7, 11) is -3.18. The Morgan fingerprint density at radius 2 is 1.86 bits per heavy atom. The van der Waals surface area contributed by atoms with Gasteiger partial charge in [-0.3, -0.25) is 0 Å². The maximum Gasteiger partial charge on any atom is 0.211 e. The molecule has 86 valence electrons. The molecule has 4 nitrogen and oxygen atoms in total. The molecule has 0 amide bonds. The van der Waals surface area contributed by atoms with E-state index >= 15 is 0 Å². The van der Waals surface area contributed by atoms with Crippen LogP contribution >= 0.6 is 0 Å². The molecular formula is C9H21NO3S. The third kappa shape index (κ3) is 6.34. The van der Waals surface area contributed by atoms with E-state index < -0.39 is 10.0 Å². The van der Waals surface area contributed by atoms with Crippen LogP contribution in [0.5, 0.6) is 0 Å². The fourth-order valence-electron chi connectivity index (χ4n) is 0.821. The molecule has 5 heteroatoms. The Labute approximate surface area is 86.8 Å². The van der Waals surface area contributed by atoms with Gasteiger partial charge in [-0.05, 0) is 18.3 Å². The molecule has 0 rings (SSSR count). The minimum absolute atomic E-state index is 0.00825. The maximum absolute atomic E-state index is 11.3. The van der Waals surface area contributed by atoms with Crippen LogP contribution in [-0.2, 0) is 10.0 Å². The Morgan fingerprint density at radius 3 is 2.29 bits per heavy atom. The molecule has 0 aromatic rings. The Balaban J connectivity index is 3.87. The Bertz CT molecular complexity index is 236. The Kier molecular flexibility index (Phi) is 6.31. The molecule has 0 fully saturated rings. The molecule has 1 atom stereocenters. The van der Waals surface area contributed by atoms with Gasteiger partial charge in [-0.15, -0.1) is 0 Å². The number of nitrogens with one attached hydrogen (secondary N) is 1. The summed E-state index contributed by atoms with van der Waals surface area (Å²) in [6, 6.07) is 0. The third-order valence-electron chi connectivity index (χ3n) is 2.33. The highest BCUT2D eigenvalue weighted by atomic mass is 32.2. The van der Waals surface area contributed by atoms with Gasteiger partial charge in [-0.2, -0.15) is 0 Å². The molecule has 0 bridgehead atoms. The second-order valence-corrected chi connectivity index (χ2v) is 5.89. The maximum atomic E-state index is 11.3. The van der Waals surface area contributed by atoms with Gasteiger partial charge in [0.25, 0.3) is 0 Å². The summed E-state index contributed by atoms with van der Waals surface area (Å²) in [4.78, 5) is 0. The van der Waals surface area contributed by atoms with Gasteiger partial charge in [0.05, 0.1) is 5.75 Å². The molecule has 0 radical (unpaired) electrons. The van der Waals surface area contributed by atoms with Crippen LogP contribution < -0.4 is 4.72 Å². The standard InChI is InChI=1S/C9H21NO3S/c1-8(2)9(3)7-10-14(12,13)6-4-5-11/h8-11H,4-7H2,1-3H3. The predicted molar refractivity (Wildman–Crippen MR) is 57.5 cm³/mol. The molecule has 0 aliphatic carbocycles. The second kappa shape index (κ2) is 6.37. The molecule has 0 saturated heterocycles. The molecular weight excluding hydrogens is 202 g/mol. The van der Waals surface area contributed by atoms with Crippen molar-refractivity contribution < 1.29 is 13.5 Å². The number of aliphatic hydroxyl groups excluding tert-OH is 1. The molecule has 0 spiro atoms. The average molecular weight is 223 g/mol. The summed E-state index contributed by atoms with van der Waals surface area (Å²) in [6.07, 6.45) is 0.297. The summed E-state index contributed by atoms with van der Waals surface area (Å²) in [5, 5.41) is 8.50. The van der Waals surface area contributed by atoms with Gasteiger partial charge in [0.15, 0.2) is 0 Å². The lowest BCUT2D eigenvalue weighted by Gasteiger charge is -2.15. The summed E-state index contributed by atoms with van der Waals surface area (Å²) < 4.78 is 25.1. The number of hydrogen-bond donors (Lipinski definition) is 2. The topological polar surface area (TPSA) is 66.4 Å². The van der Waals surface area contributed by atoms with E-state index in [1.807, 2.05) is 6.92 Å². The fraction of sp³-hybridized carbons (Fsp3) is 1.00. The molecule has 0 aromatic carbocycles. The quantitative estimate of drug-likeness (QED) is 0.663. The zero-order chi connectivity index (χ0) is 11.2. The van der Waals surface area contributed by atoms with Crippen molar-refractivity contribution in [2.45, 2.75) is 27.2 Å². The molecule has 0 aliphatic heterocycles. The van der Waals surface area contributed by atoms with Gasteiger partial charge in [0, 0.05) is 13.2 Å². The van der Waals surface area contributed by atoms with Crippen LogP contribution in [0, 0.1) is 11.8 Å². The van der Waals surface area contributed by atoms with Crippen molar-refractivity contribution in [1.82, 2.24) is 4.72 Å². The van der Waals surface area contributed by atoms with Crippen molar-refractivity contribution >= 4 is 10.0 Å². The van der Waals surface area contributed by atoms with E-state index in [1.54, 1.807) is 0 Å². The van der Waals surface area contributed by atoms with E-state index in [1.165, 1.54) is 0 Å². The van der Waals surface area contributed by atoms with Gasteiger partial charge in [-0.25, -0.2) is 13.1 Å². The molecule has 14 heavy (non-hydrogen) atoms. The Morgan fingerprint density at radius 1 is 1.29 bits per heavy atom. The first-order valence-electron chi connectivity index (χ1n) is 4.97. The second-order valence-electron chi connectivity index (χ2n) is 3.97. The molecule has 0 aliphatic rings. The summed E-state index contributed by atoms with van der Waals surface area (Å²) in [6.45, 7) is 6.53. The van der Waals surface area contributed by atoms with Crippen molar-refractivity contribution in [3.8, 4) is 0 Å². The van der Waals surface area contributed by atoms with E-state index in [4.69, 9.17) is 5.11 Å². The zero-order valence-corrected chi connectivity index (χ0v) is 9.97. The number of sulfonamides is 1. The van der Waals surface area contributed by atoms with Crippen LogP contribution in [0.25, 0.3) is 0 Å². The molecule has 0 heterocycles. The largest absolute Gasteiger partial charge is 0.396 e. The number of hydrogen-bond acceptors (Lipinski definition) is 3. The van der Waals surface area contributed by atoms with Crippen molar-refractivity contribution in [2.24, 2.45) is 11.8 Å². The van der Waals surface area contributed by atoms with Crippen molar-refractivity contribution in [1.29, 1.82) is 0 Å². The lowest BCUT2D eigenvalue weighted by atomic mass is 9.99.